The fraction of sp³-hybridized carbons (Fsp3) is 0.348. The first kappa shape index (κ1) is 21.9. The molecule has 0 radical (unpaired) electrons. The van der Waals surface area contributed by atoms with Crippen LogP contribution in [0, 0.1) is 0 Å². The number of carbonyl (C=O) groups excluding carboxylic acids is 1. The summed E-state index contributed by atoms with van der Waals surface area (Å²) >= 11 is 7.86. The van der Waals surface area contributed by atoms with Gasteiger partial charge in [0.2, 0.25) is 5.91 Å². The molecule has 2 aromatic carbocycles. The van der Waals surface area contributed by atoms with E-state index in [0.717, 1.165) is 30.4 Å². The molecule has 1 atom stereocenters. The van der Waals surface area contributed by atoms with Gasteiger partial charge in [-0.2, -0.15) is 0 Å². The summed E-state index contributed by atoms with van der Waals surface area (Å²) in [5, 5.41) is 12.9. The van der Waals surface area contributed by atoms with Crippen molar-refractivity contribution in [3.8, 4) is 11.4 Å². The normalized spacial score (nSPS) is 14.4. The molecule has 1 saturated carbocycles. The van der Waals surface area contributed by atoms with Crippen LogP contribution in [0.3, 0.4) is 0 Å². The van der Waals surface area contributed by atoms with E-state index < -0.39 is 5.25 Å². The Kier molecular flexibility index (Phi) is 7.27. The largest absolute Gasteiger partial charge is 0.385 e. The van der Waals surface area contributed by atoms with E-state index in [1.54, 1.807) is 7.11 Å². The van der Waals surface area contributed by atoms with E-state index in [4.69, 9.17) is 16.3 Å². The Morgan fingerprint density at radius 2 is 1.94 bits per heavy atom. The smallest absolute Gasteiger partial charge is 0.238 e. The van der Waals surface area contributed by atoms with Gasteiger partial charge in [0.25, 0.3) is 0 Å². The molecule has 8 heteroatoms. The van der Waals surface area contributed by atoms with Crippen molar-refractivity contribution < 1.29 is 9.53 Å². The lowest BCUT2D eigenvalue weighted by Gasteiger charge is -2.17. The minimum Gasteiger partial charge on any atom is -0.385 e. The van der Waals surface area contributed by atoms with Crippen molar-refractivity contribution in [1.29, 1.82) is 0 Å². The van der Waals surface area contributed by atoms with Crippen molar-refractivity contribution in [2.45, 2.75) is 42.3 Å². The predicted molar refractivity (Wildman–Crippen MR) is 123 cm³/mol. The molecule has 6 nitrogen and oxygen atoms in total. The number of halogens is 1. The highest BCUT2D eigenvalue weighted by atomic mass is 35.5. The maximum Gasteiger partial charge on any atom is 0.238 e. The minimum absolute atomic E-state index is 0.00411. The van der Waals surface area contributed by atoms with Crippen molar-refractivity contribution in [2.24, 2.45) is 0 Å². The van der Waals surface area contributed by atoms with Crippen LogP contribution in [0.4, 0.5) is 0 Å². The second-order valence-corrected chi connectivity index (χ2v) is 8.95. The van der Waals surface area contributed by atoms with Crippen LogP contribution in [0.5, 0.6) is 0 Å². The van der Waals surface area contributed by atoms with Crippen LogP contribution in [-0.2, 0) is 16.1 Å². The third-order valence-electron chi connectivity index (χ3n) is 5.05. The first-order valence-electron chi connectivity index (χ1n) is 10.4. The molecule has 1 amide bonds. The molecule has 0 saturated heterocycles. The lowest BCUT2D eigenvalue weighted by Crippen LogP contribution is -2.30. The molecule has 3 aromatic rings. The van der Waals surface area contributed by atoms with Gasteiger partial charge in [-0.3, -0.25) is 4.79 Å². The zero-order valence-electron chi connectivity index (χ0n) is 17.3. The number of nitrogens with zero attached hydrogens (tertiary/aromatic N) is 3. The highest BCUT2D eigenvalue weighted by Crippen LogP contribution is 2.38. The minimum atomic E-state index is -0.411. The summed E-state index contributed by atoms with van der Waals surface area (Å²) in [6, 6.07) is 17.7. The average Bonchev–Trinajstić information content (AvgIpc) is 3.52. The number of benzene rings is 2. The SMILES string of the molecule is COCCCn1c(S[C@H](C(=O)NC2CC2)c2ccccc2)nnc1-c1ccccc1Cl. The Morgan fingerprint density at radius 1 is 1.19 bits per heavy atom. The molecule has 0 aliphatic heterocycles. The Hall–Kier alpha value is -2.35. The summed E-state index contributed by atoms with van der Waals surface area (Å²) in [5.74, 6) is 0.697. The van der Waals surface area contributed by atoms with Crippen molar-refractivity contribution >= 4 is 29.3 Å². The van der Waals surface area contributed by atoms with Crippen molar-refractivity contribution in [2.75, 3.05) is 13.7 Å². The van der Waals surface area contributed by atoms with Crippen LogP contribution in [-0.4, -0.2) is 40.4 Å². The van der Waals surface area contributed by atoms with E-state index in [9.17, 15) is 4.79 Å². The molecule has 1 fully saturated rings. The van der Waals surface area contributed by atoms with Gasteiger partial charge in [0.05, 0.1) is 5.02 Å². The van der Waals surface area contributed by atoms with Crippen LogP contribution >= 0.6 is 23.4 Å². The molecule has 1 aromatic heterocycles. The highest BCUT2D eigenvalue weighted by molar-refractivity contribution is 8.00. The third kappa shape index (κ3) is 5.47. The Bertz CT molecular complexity index is 1020. The van der Waals surface area contributed by atoms with Gasteiger partial charge in [-0.15, -0.1) is 10.2 Å². The van der Waals surface area contributed by atoms with E-state index >= 15 is 0 Å². The topological polar surface area (TPSA) is 69.0 Å². The number of hydrogen-bond acceptors (Lipinski definition) is 5. The lowest BCUT2D eigenvalue weighted by atomic mass is 10.1. The monoisotopic (exact) mass is 456 g/mol. The third-order valence-corrected chi connectivity index (χ3v) is 6.61. The van der Waals surface area contributed by atoms with E-state index in [2.05, 4.69) is 15.5 Å². The molecule has 1 heterocycles. The van der Waals surface area contributed by atoms with E-state index in [1.165, 1.54) is 11.8 Å². The van der Waals surface area contributed by atoms with Crippen molar-refractivity contribution in [1.82, 2.24) is 20.1 Å². The Labute approximate surface area is 191 Å². The molecule has 0 spiro atoms. The lowest BCUT2D eigenvalue weighted by molar-refractivity contribution is -0.120. The van der Waals surface area contributed by atoms with Gasteiger partial charge in [-0.25, -0.2) is 0 Å². The Morgan fingerprint density at radius 3 is 2.65 bits per heavy atom. The fourth-order valence-electron chi connectivity index (χ4n) is 3.30. The van der Waals surface area contributed by atoms with Gasteiger partial charge >= 0.3 is 0 Å². The summed E-state index contributed by atoms with van der Waals surface area (Å²) in [7, 11) is 1.68. The van der Waals surface area contributed by atoms with Crippen LogP contribution in [0.15, 0.2) is 59.8 Å². The molecule has 1 aliphatic carbocycles. The molecule has 4 rings (SSSR count). The molecule has 0 unspecified atom stereocenters. The van der Waals surface area contributed by atoms with Gasteiger partial charge in [-0.05, 0) is 37.0 Å². The number of thioether (sulfide) groups is 1. The predicted octanol–water partition coefficient (Wildman–Crippen LogP) is 4.75. The standard InChI is InChI=1S/C23H25ClN4O2S/c1-30-15-7-14-28-21(18-10-5-6-11-19(18)24)26-27-23(28)31-20(16-8-3-2-4-9-16)22(29)25-17-12-13-17/h2-6,8-11,17,20H,7,12-15H2,1H3,(H,25,29)/t20-/m0/s1. The summed E-state index contributed by atoms with van der Waals surface area (Å²) < 4.78 is 7.27. The molecule has 162 valence electrons. The number of nitrogens with one attached hydrogen (secondary N) is 1. The molecular formula is C23H25ClN4O2S. The van der Waals surface area contributed by atoms with E-state index in [1.807, 2.05) is 59.2 Å². The number of methoxy groups -OCH3 is 1. The highest BCUT2D eigenvalue weighted by Gasteiger charge is 2.30. The number of rotatable bonds is 10. The van der Waals surface area contributed by atoms with Crippen LogP contribution in [0.25, 0.3) is 11.4 Å². The summed E-state index contributed by atoms with van der Waals surface area (Å²) in [4.78, 5) is 13.1. The van der Waals surface area contributed by atoms with E-state index in [0.29, 0.717) is 29.2 Å². The quantitative estimate of drug-likeness (QED) is 0.352. The summed E-state index contributed by atoms with van der Waals surface area (Å²) in [6.07, 6.45) is 2.88. The number of hydrogen-bond donors (Lipinski definition) is 1. The molecule has 31 heavy (non-hydrogen) atoms. The summed E-state index contributed by atoms with van der Waals surface area (Å²) in [6.45, 7) is 1.28. The molecule has 0 bridgehead atoms. The van der Waals surface area contributed by atoms with Gasteiger partial charge in [0, 0.05) is 31.9 Å². The number of aromatic nitrogens is 3. The number of carbonyl (C=O) groups is 1. The van der Waals surface area contributed by atoms with Crippen LogP contribution in [0.2, 0.25) is 5.02 Å². The molecule has 1 N–H and O–H groups in total. The average molecular weight is 457 g/mol. The van der Waals surface area contributed by atoms with Gasteiger partial charge in [-0.1, -0.05) is 65.8 Å². The fourth-order valence-corrected chi connectivity index (χ4v) is 4.59. The van der Waals surface area contributed by atoms with Crippen molar-refractivity contribution in [3.63, 3.8) is 0 Å². The zero-order chi connectivity index (χ0) is 21.6. The zero-order valence-corrected chi connectivity index (χ0v) is 18.9. The second kappa shape index (κ2) is 10.3. The van der Waals surface area contributed by atoms with Gasteiger partial charge in [0.15, 0.2) is 11.0 Å². The van der Waals surface area contributed by atoms with Crippen LogP contribution < -0.4 is 5.32 Å². The maximum absolute atomic E-state index is 13.1. The molecular weight excluding hydrogens is 432 g/mol. The second-order valence-electron chi connectivity index (χ2n) is 7.48. The first-order chi connectivity index (χ1) is 15.2. The van der Waals surface area contributed by atoms with Gasteiger partial charge < -0.3 is 14.6 Å². The Balaban J connectivity index is 1.67. The van der Waals surface area contributed by atoms with E-state index in [-0.39, 0.29) is 11.9 Å². The number of amides is 1. The van der Waals surface area contributed by atoms with Gasteiger partial charge in [0.1, 0.15) is 5.25 Å². The summed E-state index contributed by atoms with van der Waals surface area (Å²) in [5.41, 5.74) is 1.76. The number of ether oxygens (including phenoxy) is 1. The van der Waals surface area contributed by atoms with Crippen LogP contribution in [0.1, 0.15) is 30.1 Å². The maximum atomic E-state index is 13.1. The first-order valence-corrected chi connectivity index (χ1v) is 11.6. The van der Waals surface area contributed by atoms with Crippen molar-refractivity contribution in [3.05, 3.63) is 65.2 Å². The molecule has 1 aliphatic rings.